The second-order valence-corrected chi connectivity index (χ2v) is 13.4. The molecule has 0 bridgehead atoms. The van der Waals surface area contributed by atoms with E-state index in [1.807, 2.05) is 30.3 Å². The molecule has 18 nitrogen and oxygen atoms in total. The molecule has 6 aromatic heterocycles. The Hall–Kier alpha value is -7.11. The average Bonchev–Trinajstić information content (AvgIpc) is 4.04. The number of nitrogens with zero attached hydrogens (tertiary/aromatic N) is 6. The minimum atomic E-state index is -0.351. The molecule has 9 N–H and O–H groups in total. The molecule has 6 heterocycles. The van der Waals surface area contributed by atoms with Gasteiger partial charge in [-0.25, -0.2) is 44.3 Å². The summed E-state index contributed by atoms with van der Waals surface area (Å²) < 4.78 is 0. The highest BCUT2D eigenvalue weighted by Crippen LogP contribution is 2.19. The van der Waals surface area contributed by atoms with E-state index >= 15 is 0 Å². The number of fused-ring (bicyclic) bond motifs is 3. The number of aromatic nitrogens is 9. The number of benzene rings is 1. The van der Waals surface area contributed by atoms with Gasteiger partial charge in [0.05, 0.1) is 18.6 Å². The molecular formula is C38H43N15O3. The molecule has 7 aromatic rings. The maximum atomic E-state index is 11.9. The number of hydrogen-bond acceptors (Lipinski definition) is 9. The number of urea groups is 3. The highest BCUT2D eigenvalue weighted by molar-refractivity contribution is 5.99. The van der Waals surface area contributed by atoms with Crippen LogP contribution in [0, 0.1) is 0 Å². The second-order valence-electron chi connectivity index (χ2n) is 13.4. The van der Waals surface area contributed by atoms with Crippen LogP contribution in [0.4, 0.5) is 37.5 Å². The van der Waals surface area contributed by atoms with Crippen LogP contribution in [0.15, 0.2) is 85.7 Å². The number of para-hydroxylation sites is 1. The predicted molar refractivity (Wildman–Crippen MR) is 214 cm³/mol. The van der Waals surface area contributed by atoms with Gasteiger partial charge in [-0.3, -0.25) is 16.0 Å². The van der Waals surface area contributed by atoms with Gasteiger partial charge < -0.3 is 30.9 Å². The van der Waals surface area contributed by atoms with Crippen molar-refractivity contribution in [3.05, 3.63) is 85.7 Å². The van der Waals surface area contributed by atoms with E-state index in [9.17, 15) is 14.4 Å². The SMILES string of the molecule is O=C(Nc1ccccc1)Nc1cnc2[nH]ccc2n1.O=C(Nc1cnc2[nH]ccc2n1)NC1CCCC1.O=C(Nc1cnc2[nH]ccc2n1)NC1CCCCC1. The molecule has 2 saturated carbocycles. The van der Waals surface area contributed by atoms with Gasteiger partial charge in [0.2, 0.25) is 0 Å². The summed E-state index contributed by atoms with van der Waals surface area (Å²) in [5, 5.41) is 16.7. The first-order chi connectivity index (χ1) is 27.4. The van der Waals surface area contributed by atoms with Crippen LogP contribution in [-0.2, 0) is 0 Å². The van der Waals surface area contributed by atoms with Crippen LogP contribution >= 0.6 is 0 Å². The lowest BCUT2D eigenvalue weighted by molar-refractivity contribution is 0.244. The van der Waals surface area contributed by atoms with Crippen molar-refractivity contribution in [1.82, 2.24) is 55.5 Å². The monoisotopic (exact) mass is 757 g/mol. The minimum absolute atomic E-state index is 0.198. The van der Waals surface area contributed by atoms with E-state index in [0.717, 1.165) is 53.7 Å². The van der Waals surface area contributed by atoms with Crippen molar-refractivity contribution in [2.24, 2.45) is 0 Å². The smallest absolute Gasteiger partial charge is 0.324 e. The molecule has 2 aliphatic rings. The van der Waals surface area contributed by atoms with Crippen molar-refractivity contribution in [1.29, 1.82) is 0 Å². The van der Waals surface area contributed by atoms with Gasteiger partial charge in [-0.05, 0) is 56.0 Å². The molecule has 0 aliphatic heterocycles. The zero-order valence-electron chi connectivity index (χ0n) is 30.5. The minimum Gasteiger partial charge on any atom is -0.345 e. The summed E-state index contributed by atoms with van der Waals surface area (Å²) in [5.41, 5.74) is 5.04. The predicted octanol–water partition coefficient (Wildman–Crippen LogP) is 7.04. The summed E-state index contributed by atoms with van der Waals surface area (Å²) in [4.78, 5) is 69.5. The first-order valence-electron chi connectivity index (χ1n) is 18.6. The van der Waals surface area contributed by atoms with Crippen molar-refractivity contribution in [2.75, 3.05) is 21.3 Å². The number of rotatable bonds is 6. The van der Waals surface area contributed by atoms with Crippen LogP contribution in [-0.4, -0.2) is 75.0 Å². The molecule has 56 heavy (non-hydrogen) atoms. The number of aromatic amines is 3. The van der Waals surface area contributed by atoms with Crippen molar-refractivity contribution >= 4 is 74.7 Å². The highest BCUT2D eigenvalue weighted by atomic mass is 16.2. The molecule has 2 aliphatic carbocycles. The van der Waals surface area contributed by atoms with Gasteiger partial charge in [0.25, 0.3) is 0 Å². The van der Waals surface area contributed by atoms with Crippen molar-refractivity contribution in [3.8, 4) is 0 Å². The third-order valence-corrected chi connectivity index (χ3v) is 9.17. The first kappa shape index (κ1) is 37.2. The Bertz CT molecular complexity index is 2360. The number of carbonyl (C=O) groups is 3. The fraction of sp³-hybridized carbons (Fsp3) is 0.289. The Morgan fingerprint density at radius 2 is 0.875 bits per heavy atom. The number of amides is 6. The molecule has 1 aromatic carbocycles. The number of H-pyrrole nitrogens is 3. The summed E-state index contributed by atoms with van der Waals surface area (Å²) in [5.74, 6) is 1.35. The summed E-state index contributed by atoms with van der Waals surface area (Å²) in [6, 6.07) is 14.5. The summed E-state index contributed by atoms with van der Waals surface area (Å²) >= 11 is 0. The molecule has 0 radical (unpaired) electrons. The number of carbonyl (C=O) groups excluding carboxylic acids is 3. The van der Waals surface area contributed by atoms with E-state index in [4.69, 9.17) is 0 Å². The van der Waals surface area contributed by atoms with Gasteiger partial charge in [0.1, 0.15) is 16.6 Å². The first-order valence-corrected chi connectivity index (χ1v) is 18.6. The van der Waals surface area contributed by atoms with Gasteiger partial charge >= 0.3 is 18.1 Å². The quantitative estimate of drug-likeness (QED) is 0.0843. The Kier molecular flexibility index (Phi) is 12.1. The molecule has 2 fully saturated rings. The van der Waals surface area contributed by atoms with E-state index < -0.39 is 0 Å². The topological polar surface area (TPSA) is 248 Å². The maximum absolute atomic E-state index is 11.9. The lowest BCUT2D eigenvalue weighted by Crippen LogP contribution is -2.39. The number of hydrogen-bond donors (Lipinski definition) is 9. The lowest BCUT2D eigenvalue weighted by Gasteiger charge is -2.22. The van der Waals surface area contributed by atoms with Gasteiger partial charge in [-0.1, -0.05) is 50.3 Å². The normalized spacial score (nSPS) is 14.2. The van der Waals surface area contributed by atoms with Gasteiger partial charge in [-0.2, -0.15) is 0 Å². The Labute approximate surface area is 320 Å². The molecule has 0 atom stereocenters. The van der Waals surface area contributed by atoms with Crippen LogP contribution in [0.2, 0.25) is 0 Å². The Morgan fingerprint density at radius 3 is 1.30 bits per heavy atom. The lowest BCUT2D eigenvalue weighted by atomic mass is 9.96. The summed E-state index contributed by atoms with van der Waals surface area (Å²) in [6.45, 7) is 0. The van der Waals surface area contributed by atoms with Gasteiger partial charge in [0.15, 0.2) is 34.4 Å². The van der Waals surface area contributed by atoms with Crippen LogP contribution in [0.5, 0.6) is 0 Å². The van der Waals surface area contributed by atoms with Gasteiger partial charge in [0, 0.05) is 36.4 Å². The Balaban J connectivity index is 0.000000129. The fourth-order valence-corrected chi connectivity index (χ4v) is 6.46. The third-order valence-electron chi connectivity index (χ3n) is 9.17. The molecule has 288 valence electrons. The zero-order valence-corrected chi connectivity index (χ0v) is 30.5. The zero-order chi connectivity index (χ0) is 38.5. The summed E-state index contributed by atoms with van der Waals surface area (Å²) in [6.07, 6.45) is 20.2. The molecule has 18 heteroatoms. The Morgan fingerprint density at radius 1 is 0.482 bits per heavy atom. The average molecular weight is 758 g/mol. The molecule has 0 saturated heterocycles. The number of anilines is 4. The van der Waals surface area contributed by atoms with Crippen molar-refractivity contribution in [3.63, 3.8) is 0 Å². The summed E-state index contributed by atoms with van der Waals surface area (Å²) in [7, 11) is 0. The van der Waals surface area contributed by atoms with Crippen molar-refractivity contribution in [2.45, 2.75) is 69.9 Å². The number of nitrogens with one attached hydrogen (secondary N) is 9. The molecule has 9 rings (SSSR count). The highest BCUT2D eigenvalue weighted by Gasteiger charge is 2.18. The van der Waals surface area contributed by atoms with E-state index in [-0.39, 0.29) is 24.1 Å². The molecule has 0 spiro atoms. The van der Waals surface area contributed by atoms with Crippen LogP contribution in [0.3, 0.4) is 0 Å². The van der Waals surface area contributed by atoms with Crippen LogP contribution in [0.25, 0.3) is 33.5 Å². The molecule has 0 unspecified atom stereocenters. The third kappa shape index (κ3) is 10.5. The molecular weight excluding hydrogens is 715 g/mol. The second kappa shape index (κ2) is 18.3. The van der Waals surface area contributed by atoms with Crippen LogP contribution < -0.4 is 31.9 Å². The van der Waals surface area contributed by atoms with E-state index in [0.29, 0.717) is 34.7 Å². The van der Waals surface area contributed by atoms with Crippen molar-refractivity contribution < 1.29 is 14.4 Å². The van der Waals surface area contributed by atoms with E-state index in [1.165, 1.54) is 38.3 Å². The van der Waals surface area contributed by atoms with E-state index in [2.05, 4.69) is 76.8 Å². The van der Waals surface area contributed by atoms with E-state index in [1.54, 1.807) is 49.2 Å². The molecule has 6 amide bonds. The van der Waals surface area contributed by atoms with Gasteiger partial charge in [-0.15, -0.1) is 0 Å². The maximum Gasteiger partial charge on any atom is 0.324 e. The largest absolute Gasteiger partial charge is 0.345 e. The van der Waals surface area contributed by atoms with Crippen LogP contribution in [0.1, 0.15) is 57.8 Å². The standard InChI is InChI=1S/C13H17N5O.C13H11N5O.C12H15N5O/c2*19-13(16-9-4-2-1-3-5-9)18-11-8-15-12-10(17-11)6-7-14-12;18-12(15-8-3-1-2-4-8)17-10-7-14-11-9(16-10)5-6-13-11/h6-9H,1-5H2,(H,14,15)(H2,16,17,18,19);1-8H,(H,14,15)(H2,16,17,18,19);5-8H,1-4H2,(H,13,14)(H2,15,16,17,18). The fourth-order valence-electron chi connectivity index (χ4n) is 6.46.